The second-order valence-corrected chi connectivity index (χ2v) is 11.4. The Kier molecular flexibility index (Phi) is 12.8. The molecule has 2 aromatic rings. The van der Waals surface area contributed by atoms with Crippen LogP contribution in [0.15, 0.2) is 48.5 Å². The highest BCUT2D eigenvalue weighted by Crippen LogP contribution is 2.23. The fraction of sp³-hybridized carbons (Fsp3) is 0.433. The van der Waals surface area contributed by atoms with Crippen molar-refractivity contribution in [3.8, 4) is 5.75 Å². The minimum Gasteiger partial charge on any atom is -0.444 e. The zero-order valence-corrected chi connectivity index (χ0v) is 26.2. The van der Waals surface area contributed by atoms with Crippen molar-refractivity contribution in [1.29, 1.82) is 0 Å². The van der Waals surface area contributed by atoms with E-state index in [0.717, 1.165) is 12.1 Å². The van der Waals surface area contributed by atoms with Crippen LogP contribution in [0.3, 0.4) is 0 Å². The molecule has 0 aliphatic heterocycles. The van der Waals surface area contributed by atoms with Crippen molar-refractivity contribution in [2.45, 2.75) is 72.3 Å². The Bertz CT molecular complexity index is 1370. The number of ether oxygens (including phenoxy) is 3. The SMILES string of the molecule is CC(=O)N[C@H](C(=O)N[C@@H](C)C(=O)Nc1ccc(C(CNC(=O)OC(C)(C)C)OC(=O)Oc2ccc([N+](=O)[O-])cc2)cc1)C(C)C. The molecule has 0 aliphatic rings. The van der Waals surface area contributed by atoms with Crippen LogP contribution < -0.4 is 26.0 Å². The van der Waals surface area contributed by atoms with Crippen LogP contribution in [0.5, 0.6) is 5.75 Å². The van der Waals surface area contributed by atoms with Crippen LogP contribution in [0.25, 0.3) is 0 Å². The third-order valence-corrected chi connectivity index (χ3v) is 5.93. The molecule has 0 bridgehead atoms. The van der Waals surface area contributed by atoms with Crippen molar-refractivity contribution in [2.75, 3.05) is 11.9 Å². The maximum Gasteiger partial charge on any atom is 0.514 e. The molecule has 0 saturated heterocycles. The van der Waals surface area contributed by atoms with Gasteiger partial charge in [0, 0.05) is 24.7 Å². The maximum atomic E-state index is 12.8. The van der Waals surface area contributed by atoms with E-state index in [2.05, 4.69) is 21.3 Å². The largest absolute Gasteiger partial charge is 0.514 e. The van der Waals surface area contributed by atoms with Crippen LogP contribution in [0.4, 0.5) is 21.0 Å². The van der Waals surface area contributed by atoms with Crippen LogP contribution >= 0.6 is 0 Å². The number of alkyl carbamates (subject to hydrolysis) is 1. The molecule has 2 rings (SSSR count). The molecule has 0 aliphatic carbocycles. The van der Waals surface area contributed by atoms with E-state index in [0.29, 0.717) is 11.3 Å². The van der Waals surface area contributed by atoms with Gasteiger partial charge in [-0.15, -0.1) is 0 Å². The fourth-order valence-corrected chi connectivity index (χ4v) is 3.74. The molecule has 244 valence electrons. The van der Waals surface area contributed by atoms with Gasteiger partial charge in [0.15, 0.2) is 0 Å². The number of non-ortho nitro benzene ring substituents is 1. The molecule has 0 spiro atoms. The molecular weight excluding hydrogens is 590 g/mol. The number of nitro groups is 1. The van der Waals surface area contributed by atoms with Gasteiger partial charge >= 0.3 is 12.2 Å². The zero-order chi connectivity index (χ0) is 33.9. The van der Waals surface area contributed by atoms with Crippen molar-refractivity contribution in [3.63, 3.8) is 0 Å². The number of anilines is 1. The number of carbonyl (C=O) groups is 5. The summed E-state index contributed by atoms with van der Waals surface area (Å²) in [4.78, 5) is 71.9. The lowest BCUT2D eigenvalue weighted by atomic mass is 10.0. The van der Waals surface area contributed by atoms with Crippen LogP contribution in [-0.4, -0.2) is 59.1 Å². The topological polar surface area (TPSA) is 204 Å². The minimum absolute atomic E-state index is 0.000474. The molecule has 4 amide bonds. The Labute approximate surface area is 260 Å². The minimum atomic E-state index is -1.14. The summed E-state index contributed by atoms with van der Waals surface area (Å²) in [5.74, 6) is -1.60. The molecule has 0 aromatic heterocycles. The highest BCUT2D eigenvalue weighted by Gasteiger charge is 2.27. The average Bonchev–Trinajstić information content (AvgIpc) is 2.93. The van der Waals surface area contributed by atoms with Crippen molar-refractivity contribution < 1.29 is 43.1 Å². The van der Waals surface area contributed by atoms with Crippen LogP contribution in [0.2, 0.25) is 0 Å². The Morgan fingerprint density at radius 3 is 2.00 bits per heavy atom. The van der Waals surface area contributed by atoms with E-state index in [1.165, 1.54) is 38.1 Å². The summed E-state index contributed by atoms with van der Waals surface area (Å²) >= 11 is 0. The molecule has 3 atom stereocenters. The van der Waals surface area contributed by atoms with E-state index in [-0.39, 0.29) is 29.8 Å². The number of amides is 4. The Hall–Kier alpha value is -5.21. The summed E-state index contributed by atoms with van der Waals surface area (Å²) in [5, 5.41) is 21.2. The molecule has 0 radical (unpaired) electrons. The van der Waals surface area contributed by atoms with Crippen molar-refractivity contribution >= 4 is 41.3 Å². The van der Waals surface area contributed by atoms with E-state index in [1.807, 2.05) is 0 Å². The van der Waals surface area contributed by atoms with Gasteiger partial charge in [0.1, 0.15) is 29.5 Å². The number of hydrogen-bond donors (Lipinski definition) is 4. The zero-order valence-electron chi connectivity index (χ0n) is 26.2. The molecule has 0 fully saturated rings. The second-order valence-electron chi connectivity index (χ2n) is 11.4. The van der Waals surface area contributed by atoms with Crippen LogP contribution in [0.1, 0.15) is 60.1 Å². The molecule has 15 heteroatoms. The number of nitrogens with zero attached hydrogens (tertiary/aromatic N) is 1. The third kappa shape index (κ3) is 12.5. The maximum absolute atomic E-state index is 12.8. The van der Waals surface area contributed by atoms with E-state index in [4.69, 9.17) is 14.2 Å². The molecule has 45 heavy (non-hydrogen) atoms. The number of benzene rings is 2. The molecule has 2 aromatic carbocycles. The first-order chi connectivity index (χ1) is 20.9. The first-order valence-corrected chi connectivity index (χ1v) is 14.0. The molecule has 0 heterocycles. The summed E-state index contributed by atoms with van der Waals surface area (Å²) < 4.78 is 15.8. The monoisotopic (exact) mass is 629 g/mol. The third-order valence-electron chi connectivity index (χ3n) is 5.93. The van der Waals surface area contributed by atoms with Crippen molar-refractivity contribution in [1.82, 2.24) is 16.0 Å². The van der Waals surface area contributed by atoms with Gasteiger partial charge in [0.25, 0.3) is 5.69 Å². The van der Waals surface area contributed by atoms with E-state index < -0.39 is 52.8 Å². The van der Waals surface area contributed by atoms with Gasteiger partial charge in [0.2, 0.25) is 17.7 Å². The van der Waals surface area contributed by atoms with Gasteiger partial charge in [-0.3, -0.25) is 24.5 Å². The van der Waals surface area contributed by atoms with Gasteiger partial charge in [-0.05, 0) is 63.4 Å². The lowest BCUT2D eigenvalue weighted by Gasteiger charge is -2.23. The smallest absolute Gasteiger partial charge is 0.444 e. The van der Waals surface area contributed by atoms with Crippen molar-refractivity contribution in [2.24, 2.45) is 5.92 Å². The first-order valence-electron chi connectivity index (χ1n) is 14.0. The summed E-state index contributed by atoms with van der Waals surface area (Å²) in [6.07, 6.45) is -2.95. The van der Waals surface area contributed by atoms with E-state index in [9.17, 15) is 34.1 Å². The molecule has 4 N–H and O–H groups in total. The Balaban J connectivity index is 2.12. The average molecular weight is 630 g/mol. The van der Waals surface area contributed by atoms with Gasteiger partial charge < -0.3 is 35.5 Å². The lowest BCUT2D eigenvalue weighted by Crippen LogP contribution is -2.53. The lowest BCUT2D eigenvalue weighted by molar-refractivity contribution is -0.384. The predicted molar refractivity (Wildman–Crippen MR) is 162 cm³/mol. The van der Waals surface area contributed by atoms with E-state index in [1.54, 1.807) is 46.8 Å². The normalized spacial score (nSPS) is 13.0. The number of carbonyl (C=O) groups excluding carboxylic acids is 5. The summed E-state index contributed by atoms with van der Waals surface area (Å²) in [5.41, 5.74) is -0.185. The van der Waals surface area contributed by atoms with E-state index >= 15 is 0 Å². The number of nitro benzene ring substituents is 1. The highest BCUT2D eigenvalue weighted by molar-refractivity contribution is 5.98. The number of hydrogen-bond acceptors (Lipinski definition) is 10. The van der Waals surface area contributed by atoms with Gasteiger partial charge in [-0.25, -0.2) is 9.59 Å². The quantitative estimate of drug-likeness (QED) is 0.115. The number of nitrogens with one attached hydrogen (secondary N) is 4. The molecular formula is C30H39N5O10. The first kappa shape index (κ1) is 36.0. The summed E-state index contributed by atoms with van der Waals surface area (Å²) in [7, 11) is 0. The van der Waals surface area contributed by atoms with Crippen molar-refractivity contribution in [3.05, 3.63) is 64.2 Å². The predicted octanol–water partition coefficient (Wildman–Crippen LogP) is 3.98. The summed E-state index contributed by atoms with van der Waals surface area (Å²) in [6, 6.07) is 9.20. The van der Waals surface area contributed by atoms with Gasteiger partial charge in [0.05, 0.1) is 11.5 Å². The number of rotatable bonds is 12. The molecule has 15 nitrogen and oxygen atoms in total. The Morgan fingerprint density at radius 1 is 0.889 bits per heavy atom. The second kappa shape index (κ2) is 16.0. The summed E-state index contributed by atoms with van der Waals surface area (Å²) in [6.45, 7) is 11.2. The fourth-order valence-electron chi connectivity index (χ4n) is 3.74. The highest BCUT2D eigenvalue weighted by atomic mass is 16.7. The van der Waals surface area contributed by atoms with Crippen LogP contribution in [0, 0.1) is 16.0 Å². The molecule has 0 saturated carbocycles. The standard InChI is InChI=1S/C30H39N5O10/c1-17(2)25(33-19(4)36)27(38)32-18(3)26(37)34-21-10-8-20(9-11-21)24(16-31-28(39)45-30(5,6)7)44-29(40)43-23-14-12-22(13-15-23)35(41)42/h8-15,17-18,24-25H,16H2,1-7H3,(H,31,39)(H,32,38)(H,33,36)(H,34,37)/t18-,24?,25-/m0/s1. The van der Waals surface area contributed by atoms with Gasteiger partial charge in [-0.2, -0.15) is 0 Å². The Morgan fingerprint density at radius 2 is 1.49 bits per heavy atom. The van der Waals surface area contributed by atoms with Gasteiger partial charge in [-0.1, -0.05) is 26.0 Å². The molecule has 1 unspecified atom stereocenters. The van der Waals surface area contributed by atoms with Crippen LogP contribution in [-0.2, 0) is 23.9 Å².